The van der Waals surface area contributed by atoms with Crippen LogP contribution >= 0.6 is 27.5 Å². The molecule has 0 aliphatic heterocycles. The first-order valence-corrected chi connectivity index (χ1v) is 6.20. The third kappa shape index (κ3) is 1.55. The molecule has 0 N–H and O–H groups in total. The molecule has 0 amide bonds. The van der Waals surface area contributed by atoms with Crippen molar-refractivity contribution in [2.75, 3.05) is 0 Å². The first-order chi connectivity index (χ1) is 8.72. The molecule has 0 saturated heterocycles. The highest BCUT2D eigenvalue weighted by molar-refractivity contribution is 9.10. The van der Waals surface area contributed by atoms with Crippen molar-refractivity contribution in [2.24, 2.45) is 0 Å². The van der Waals surface area contributed by atoms with Crippen LogP contribution in [-0.2, 0) is 6.54 Å². The fourth-order valence-corrected chi connectivity index (χ4v) is 2.54. The second-order valence-corrected chi connectivity index (χ2v) is 4.80. The summed E-state index contributed by atoms with van der Waals surface area (Å²) in [5.41, 5.74) is 2.20. The summed E-state index contributed by atoms with van der Waals surface area (Å²) in [5, 5.41) is 10.1. The van der Waals surface area contributed by atoms with Gasteiger partial charge in [0.15, 0.2) is 5.15 Å². The predicted molar refractivity (Wildman–Crippen MR) is 71.2 cm³/mol. The van der Waals surface area contributed by atoms with Crippen LogP contribution in [0, 0.1) is 11.3 Å². The lowest BCUT2D eigenvalue weighted by atomic mass is 10.3. The highest BCUT2D eigenvalue weighted by atomic mass is 79.9. The molecule has 88 valence electrons. The van der Waals surface area contributed by atoms with Gasteiger partial charge in [-0.05, 0) is 22.0 Å². The van der Waals surface area contributed by atoms with E-state index in [1.807, 2.05) is 6.07 Å². The highest BCUT2D eigenvalue weighted by Crippen LogP contribution is 2.31. The summed E-state index contributed by atoms with van der Waals surface area (Å²) in [4.78, 5) is 12.4. The Kier molecular flexibility index (Phi) is 2.65. The number of rotatable bonds is 1. The largest absolute Gasteiger partial charge is 0.321 e. The minimum atomic E-state index is 0.177. The quantitative estimate of drug-likeness (QED) is 0.510. The number of hydrogen-bond acceptors (Lipinski definition) is 4. The van der Waals surface area contributed by atoms with E-state index in [2.05, 4.69) is 37.0 Å². The molecule has 7 heteroatoms. The van der Waals surface area contributed by atoms with E-state index in [-0.39, 0.29) is 6.54 Å². The Bertz CT molecular complexity index is 804. The zero-order valence-electron chi connectivity index (χ0n) is 8.93. The van der Waals surface area contributed by atoms with E-state index in [1.54, 1.807) is 10.8 Å². The topological polar surface area (TPSA) is 67.4 Å². The zero-order valence-corrected chi connectivity index (χ0v) is 11.3. The third-order valence-corrected chi connectivity index (χ3v) is 3.38. The lowest BCUT2D eigenvalue weighted by molar-refractivity contribution is 0.902. The van der Waals surface area contributed by atoms with Gasteiger partial charge in [0.1, 0.15) is 28.5 Å². The minimum Gasteiger partial charge on any atom is -0.321 e. The molecular formula is C11H5BrClN5. The molecule has 3 heterocycles. The van der Waals surface area contributed by atoms with Crippen LogP contribution in [0.4, 0.5) is 0 Å². The van der Waals surface area contributed by atoms with Crippen molar-refractivity contribution < 1.29 is 0 Å². The van der Waals surface area contributed by atoms with Gasteiger partial charge in [0.05, 0.1) is 17.8 Å². The van der Waals surface area contributed by atoms with Crippen molar-refractivity contribution >= 4 is 49.5 Å². The van der Waals surface area contributed by atoms with Crippen molar-refractivity contribution in [3.63, 3.8) is 0 Å². The Labute approximate surface area is 115 Å². The molecule has 3 aromatic rings. The van der Waals surface area contributed by atoms with Crippen molar-refractivity contribution in [1.82, 2.24) is 19.5 Å². The Hall–Kier alpha value is -1.71. The van der Waals surface area contributed by atoms with Gasteiger partial charge in [0, 0.05) is 5.39 Å². The van der Waals surface area contributed by atoms with E-state index >= 15 is 0 Å². The average Bonchev–Trinajstić information content (AvgIpc) is 2.66. The molecule has 0 radical (unpaired) electrons. The number of aromatic nitrogens is 4. The van der Waals surface area contributed by atoms with E-state index in [4.69, 9.17) is 16.9 Å². The number of nitriles is 1. The third-order valence-electron chi connectivity index (χ3n) is 2.67. The molecule has 0 unspecified atom stereocenters. The summed E-state index contributed by atoms with van der Waals surface area (Å²) in [5.74, 6) is 0. The van der Waals surface area contributed by atoms with Crippen molar-refractivity contribution in [2.45, 2.75) is 6.54 Å². The molecule has 18 heavy (non-hydrogen) atoms. The Morgan fingerprint density at radius 2 is 2.22 bits per heavy atom. The first-order valence-electron chi connectivity index (χ1n) is 5.03. The number of halogens is 2. The monoisotopic (exact) mass is 321 g/mol. The SMILES string of the molecule is N#CCn1c2cnc(Br)cc2c2ncnc(Cl)c21. The molecule has 0 aliphatic carbocycles. The fourth-order valence-electron chi connectivity index (χ4n) is 1.98. The maximum Gasteiger partial charge on any atom is 0.156 e. The fraction of sp³-hybridized carbons (Fsp3) is 0.0909. The molecule has 0 saturated carbocycles. The Morgan fingerprint density at radius 1 is 1.39 bits per heavy atom. The molecule has 0 atom stereocenters. The lowest BCUT2D eigenvalue weighted by Crippen LogP contribution is -1.96. The number of pyridine rings is 1. The van der Waals surface area contributed by atoms with Crippen molar-refractivity contribution in [1.29, 1.82) is 5.26 Å². The van der Waals surface area contributed by atoms with Crippen LogP contribution in [0.5, 0.6) is 0 Å². The van der Waals surface area contributed by atoms with Gasteiger partial charge in [-0.25, -0.2) is 15.0 Å². The van der Waals surface area contributed by atoms with Crippen LogP contribution in [0.2, 0.25) is 5.15 Å². The van der Waals surface area contributed by atoms with Gasteiger partial charge in [-0.3, -0.25) is 0 Å². The lowest BCUT2D eigenvalue weighted by Gasteiger charge is -2.01. The molecule has 0 spiro atoms. The number of fused-ring (bicyclic) bond motifs is 3. The highest BCUT2D eigenvalue weighted by Gasteiger charge is 2.15. The average molecular weight is 323 g/mol. The second-order valence-electron chi connectivity index (χ2n) is 3.63. The summed E-state index contributed by atoms with van der Waals surface area (Å²) in [6, 6.07) is 3.96. The van der Waals surface area contributed by atoms with Crippen molar-refractivity contribution in [3.8, 4) is 6.07 Å². The zero-order chi connectivity index (χ0) is 12.7. The van der Waals surface area contributed by atoms with Crippen LogP contribution in [0.1, 0.15) is 0 Å². The maximum atomic E-state index is 8.92. The minimum absolute atomic E-state index is 0.177. The number of nitrogens with zero attached hydrogens (tertiary/aromatic N) is 5. The summed E-state index contributed by atoms with van der Waals surface area (Å²) < 4.78 is 2.48. The van der Waals surface area contributed by atoms with Gasteiger partial charge in [0.25, 0.3) is 0 Å². The molecule has 0 bridgehead atoms. The van der Waals surface area contributed by atoms with Crippen LogP contribution in [0.25, 0.3) is 21.9 Å². The standard InChI is InChI=1S/C11H5BrClN5/c12-8-3-6-7(4-15-8)18(2-1-14)10-9(6)16-5-17-11(10)13/h3-5H,2H2. The van der Waals surface area contributed by atoms with Gasteiger partial charge < -0.3 is 4.57 Å². The maximum absolute atomic E-state index is 8.92. The van der Waals surface area contributed by atoms with Crippen LogP contribution in [0.15, 0.2) is 23.2 Å². The van der Waals surface area contributed by atoms with Gasteiger partial charge >= 0.3 is 0 Å². The summed E-state index contributed by atoms with van der Waals surface area (Å²) in [6.07, 6.45) is 3.10. The van der Waals surface area contributed by atoms with E-state index < -0.39 is 0 Å². The molecule has 0 fully saturated rings. The Balaban J connectivity index is 2.57. The predicted octanol–water partition coefficient (Wildman–Crippen LogP) is 2.92. The molecule has 3 aromatic heterocycles. The Morgan fingerprint density at radius 3 is 3.00 bits per heavy atom. The van der Waals surface area contributed by atoms with Gasteiger partial charge in [-0.2, -0.15) is 5.26 Å². The van der Waals surface area contributed by atoms with Crippen LogP contribution < -0.4 is 0 Å². The van der Waals surface area contributed by atoms with Crippen molar-refractivity contribution in [3.05, 3.63) is 28.3 Å². The molecule has 5 nitrogen and oxygen atoms in total. The second kappa shape index (κ2) is 4.19. The van der Waals surface area contributed by atoms with Crippen LogP contribution in [0.3, 0.4) is 0 Å². The summed E-state index contributed by atoms with van der Waals surface area (Å²) in [7, 11) is 0. The summed E-state index contributed by atoms with van der Waals surface area (Å²) in [6.45, 7) is 0.177. The number of hydrogen-bond donors (Lipinski definition) is 0. The van der Waals surface area contributed by atoms with E-state index in [0.29, 0.717) is 15.3 Å². The normalized spacial score (nSPS) is 10.9. The van der Waals surface area contributed by atoms with Crippen LogP contribution in [-0.4, -0.2) is 19.5 Å². The van der Waals surface area contributed by atoms with Gasteiger partial charge in [0.2, 0.25) is 0 Å². The molecule has 0 aliphatic rings. The summed E-state index contributed by atoms with van der Waals surface area (Å²) >= 11 is 9.42. The smallest absolute Gasteiger partial charge is 0.156 e. The van der Waals surface area contributed by atoms with Gasteiger partial charge in [-0.1, -0.05) is 11.6 Å². The van der Waals surface area contributed by atoms with E-state index in [1.165, 1.54) is 6.33 Å². The molecule has 3 rings (SSSR count). The first kappa shape index (κ1) is 11.4. The van der Waals surface area contributed by atoms with Gasteiger partial charge in [-0.15, -0.1) is 0 Å². The van der Waals surface area contributed by atoms with E-state index in [9.17, 15) is 0 Å². The molecular weight excluding hydrogens is 318 g/mol. The van der Waals surface area contributed by atoms with E-state index in [0.717, 1.165) is 16.4 Å². The molecule has 0 aromatic carbocycles.